The zero-order chi connectivity index (χ0) is 13.4. The summed E-state index contributed by atoms with van der Waals surface area (Å²) in [6.07, 6.45) is 1.93. The van der Waals surface area contributed by atoms with Crippen LogP contribution in [0.4, 0.5) is 0 Å². The minimum absolute atomic E-state index is 0.00689. The van der Waals surface area contributed by atoms with E-state index in [-0.39, 0.29) is 16.6 Å². The van der Waals surface area contributed by atoms with Crippen molar-refractivity contribution < 1.29 is 9.00 Å². The van der Waals surface area contributed by atoms with Gasteiger partial charge in [-0.25, -0.2) is 8.51 Å². The van der Waals surface area contributed by atoms with Gasteiger partial charge < -0.3 is 0 Å². The van der Waals surface area contributed by atoms with Gasteiger partial charge in [0.05, 0.1) is 10.8 Å². The van der Waals surface area contributed by atoms with Gasteiger partial charge in [0.2, 0.25) is 0 Å². The number of carbonyl (C=O) groups is 1. The molecule has 3 nitrogen and oxygen atoms in total. The predicted octanol–water partition coefficient (Wildman–Crippen LogP) is 2.30. The Balaban J connectivity index is 2.99. The van der Waals surface area contributed by atoms with Crippen molar-refractivity contribution in [2.75, 3.05) is 6.54 Å². The molecule has 0 amide bonds. The normalized spacial score (nSPS) is 23.9. The van der Waals surface area contributed by atoms with E-state index < -0.39 is 11.0 Å². The molecule has 0 saturated heterocycles. The maximum Gasteiger partial charge on any atom is 0.157 e. The highest BCUT2D eigenvalue weighted by atomic mass is 32.2. The Morgan fingerprint density at radius 3 is 2.35 bits per heavy atom. The summed E-state index contributed by atoms with van der Waals surface area (Å²) in [6, 6.07) is -0.00689. The molecule has 1 heterocycles. The highest BCUT2D eigenvalue weighted by molar-refractivity contribution is 7.84. The van der Waals surface area contributed by atoms with Crippen molar-refractivity contribution in [1.29, 1.82) is 0 Å². The molecule has 2 atom stereocenters. The second kappa shape index (κ2) is 5.02. The average Bonchev–Trinajstić information content (AvgIpc) is 2.58. The summed E-state index contributed by atoms with van der Waals surface area (Å²) in [5, 5.41) is 0. The summed E-state index contributed by atoms with van der Waals surface area (Å²) < 4.78 is 14.1. The molecule has 0 aliphatic carbocycles. The van der Waals surface area contributed by atoms with Gasteiger partial charge >= 0.3 is 0 Å². The van der Waals surface area contributed by atoms with Gasteiger partial charge in [0.1, 0.15) is 11.0 Å². The lowest BCUT2D eigenvalue weighted by Crippen LogP contribution is -2.44. The highest BCUT2D eigenvalue weighted by Gasteiger charge is 2.38. The molecule has 0 aromatic rings. The molecule has 0 aromatic carbocycles. The molecule has 0 saturated carbocycles. The first-order chi connectivity index (χ1) is 7.66. The fourth-order valence-electron chi connectivity index (χ4n) is 2.14. The quantitative estimate of drug-likeness (QED) is 0.778. The fraction of sp³-hybridized carbons (Fsp3) is 0.769. The maximum absolute atomic E-state index is 12.4. The van der Waals surface area contributed by atoms with Crippen LogP contribution in [0.3, 0.4) is 0 Å². The lowest BCUT2D eigenvalue weighted by molar-refractivity contribution is -0.114. The molecule has 1 aliphatic heterocycles. The summed E-state index contributed by atoms with van der Waals surface area (Å²) in [4.78, 5) is 11.6. The predicted molar refractivity (Wildman–Crippen MR) is 72.0 cm³/mol. The van der Waals surface area contributed by atoms with Crippen LogP contribution >= 0.6 is 0 Å². The summed E-state index contributed by atoms with van der Waals surface area (Å²) in [5.41, 5.74) is 0.817. The van der Waals surface area contributed by atoms with Gasteiger partial charge in [0.15, 0.2) is 5.78 Å². The highest BCUT2D eigenvalue weighted by Crippen LogP contribution is 2.30. The Hall–Kier alpha value is -0.480. The molecular weight excluding hydrogens is 234 g/mol. The second-order valence-electron chi connectivity index (χ2n) is 5.87. The van der Waals surface area contributed by atoms with Crippen molar-refractivity contribution in [1.82, 2.24) is 4.31 Å². The molecule has 0 N–H and O–H groups in total. The van der Waals surface area contributed by atoms with E-state index in [2.05, 4.69) is 13.8 Å². The van der Waals surface area contributed by atoms with Gasteiger partial charge in [-0.3, -0.25) is 4.79 Å². The van der Waals surface area contributed by atoms with Crippen LogP contribution in [0.5, 0.6) is 0 Å². The Kier molecular flexibility index (Phi) is 4.31. The number of nitrogens with zero attached hydrogens (tertiary/aromatic N) is 1. The van der Waals surface area contributed by atoms with E-state index >= 15 is 0 Å². The number of Topliss-reactive ketones (excluding diaryl/α,β-unsaturated/α-hetero) is 1. The van der Waals surface area contributed by atoms with Crippen molar-refractivity contribution in [3.05, 3.63) is 11.6 Å². The van der Waals surface area contributed by atoms with E-state index in [1.54, 1.807) is 6.92 Å². The molecule has 17 heavy (non-hydrogen) atoms. The minimum atomic E-state index is -1.07. The molecule has 1 aliphatic rings. The van der Waals surface area contributed by atoms with E-state index in [1.807, 2.05) is 31.2 Å². The van der Waals surface area contributed by atoms with Crippen molar-refractivity contribution >= 4 is 16.8 Å². The smallest absolute Gasteiger partial charge is 0.157 e. The van der Waals surface area contributed by atoms with Crippen molar-refractivity contribution in [2.24, 2.45) is 5.92 Å². The van der Waals surface area contributed by atoms with Gasteiger partial charge in [-0.1, -0.05) is 19.9 Å². The summed E-state index contributed by atoms with van der Waals surface area (Å²) in [6.45, 7) is 12.2. The average molecular weight is 257 g/mol. The Morgan fingerprint density at radius 1 is 1.47 bits per heavy atom. The van der Waals surface area contributed by atoms with Gasteiger partial charge in [0.25, 0.3) is 0 Å². The van der Waals surface area contributed by atoms with E-state index in [9.17, 15) is 9.00 Å². The molecular formula is C13H23NO2S. The first-order valence-electron chi connectivity index (χ1n) is 6.06. The van der Waals surface area contributed by atoms with Gasteiger partial charge in [-0.15, -0.1) is 0 Å². The fourth-order valence-corrected chi connectivity index (χ4v) is 3.62. The first-order valence-corrected chi connectivity index (χ1v) is 7.16. The number of ketones is 1. The van der Waals surface area contributed by atoms with Crippen LogP contribution in [0.2, 0.25) is 0 Å². The minimum Gasteiger partial charge on any atom is -0.295 e. The number of hydrogen-bond acceptors (Lipinski definition) is 2. The maximum atomic E-state index is 12.4. The van der Waals surface area contributed by atoms with Gasteiger partial charge in [-0.05, 0) is 33.6 Å². The van der Waals surface area contributed by atoms with Gasteiger partial charge in [0, 0.05) is 12.1 Å². The molecule has 0 spiro atoms. The lowest BCUT2D eigenvalue weighted by atomic mass is 9.96. The van der Waals surface area contributed by atoms with Crippen molar-refractivity contribution in [2.45, 2.75) is 52.3 Å². The standard InChI is InChI=1S/C13H23NO2S/c1-9(2)12-11(10(3)15)7-8-14(12)17(16)13(4,5)6/h7,9,12H,8H2,1-6H3/t12-,17-/m0/s1. The van der Waals surface area contributed by atoms with Crippen molar-refractivity contribution in [3.63, 3.8) is 0 Å². The molecule has 98 valence electrons. The van der Waals surface area contributed by atoms with E-state index in [1.165, 1.54) is 0 Å². The lowest BCUT2D eigenvalue weighted by Gasteiger charge is -2.33. The summed E-state index contributed by atoms with van der Waals surface area (Å²) in [5.74, 6) is 0.385. The zero-order valence-corrected chi connectivity index (χ0v) is 12.4. The second-order valence-corrected chi connectivity index (χ2v) is 8.06. The number of rotatable bonds is 3. The van der Waals surface area contributed by atoms with Crippen LogP contribution in [-0.4, -0.2) is 31.6 Å². The number of carbonyl (C=O) groups excluding carboxylic acids is 1. The summed E-state index contributed by atoms with van der Waals surface area (Å²) >= 11 is 0. The van der Waals surface area contributed by atoms with E-state index in [0.717, 1.165) is 5.57 Å². The van der Waals surface area contributed by atoms with E-state index in [4.69, 9.17) is 0 Å². The topological polar surface area (TPSA) is 37.4 Å². The van der Waals surface area contributed by atoms with Crippen LogP contribution in [0.25, 0.3) is 0 Å². The molecule has 0 fully saturated rings. The Bertz CT molecular complexity index is 366. The van der Waals surface area contributed by atoms with Crippen LogP contribution in [0.1, 0.15) is 41.5 Å². The molecule has 0 radical (unpaired) electrons. The molecule has 1 rings (SSSR count). The SMILES string of the molecule is CC(=O)C1=CCN([S@@](=O)C(C)(C)C)[C@H]1C(C)C. The molecule has 4 heteroatoms. The van der Waals surface area contributed by atoms with Crippen LogP contribution < -0.4 is 0 Å². The number of hydrogen-bond donors (Lipinski definition) is 0. The van der Waals surface area contributed by atoms with Crippen LogP contribution in [0, 0.1) is 5.92 Å². The third kappa shape index (κ3) is 3.05. The third-order valence-electron chi connectivity index (χ3n) is 2.89. The Morgan fingerprint density at radius 2 is 2.00 bits per heavy atom. The molecule has 0 aromatic heterocycles. The summed E-state index contributed by atoms with van der Waals surface area (Å²) in [7, 11) is -1.07. The van der Waals surface area contributed by atoms with Crippen LogP contribution in [0.15, 0.2) is 11.6 Å². The first kappa shape index (κ1) is 14.6. The molecule has 0 bridgehead atoms. The van der Waals surface area contributed by atoms with Crippen LogP contribution in [-0.2, 0) is 15.8 Å². The van der Waals surface area contributed by atoms with Gasteiger partial charge in [-0.2, -0.15) is 0 Å². The van der Waals surface area contributed by atoms with E-state index in [0.29, 0.717) is 12.5 Å². The van der Waals surface area contributed by atoms with Crippen molar-refractivity contribution in [3.8, 4) is 0 Å². The largest absolute Gasteiger partial charge is 0.295 e. The monoisotopic (exact) mass is 257 g/mol. The third-order valence-corrected chi connectivity index (χ3v) is 4.74. The molecule has 0 unspecified atom stereocenters. The Labute approximate surface area is 107 Å². The zero-order valence-electron chi connectivity index (χ0n) is 11.6.